The number of allylic oxidation sites excluding steroid dienone is 1. The summed E-state index contributed by atoms with van der Waals surface area (Å²) in [6, 6.07) is 0. The highest BCUT2D eigenvalue weighted by Gasteiger charge is 2.55. The molecule has 2 aliphatic carbocycles. The Morgan fingerprint density at radius 2 is 2.05 bits per heavy atom. The van der Waals surface area contributed by atoms with Crippen LogP contribution in [0, 0.1) is 17.3 Å². The molecule has 0 amide bonds. The zero-order valence-corrected chi connectivity index (χ0v) is 12.6. The van der Waals surface area contributed by atoms with E-state index in [2.05, 4.69) is 19.9 Å². The Morgan fingerprint density at radius 3 is 2.70 bits per heavy atom. The maximum atomic E-state index is 12.2. The molecule has 2 fully saturated rings. The summed E-state index contributed by atoms with van der Waals surface area (Å²) in [5, 5.41) is 0. The van der Waals surface area contributed by atoms with Gasteiger partial charge >= 0.3 is 5.97 Å². The van der Waals surface area contributed by atoms with E-state index in [-0.39, 0.29) is 11.4 Å². The van der Waals surface area contributed by atoms with E-state index in [1.807, 2.05) is 0 Å². The second-order valence-corrected chi connectivity index (χ2v) is 6.60. The van der Waals surface area contributed by atoms with Gasteiger partial charge in [0, 0.05) is 6.42 Å². The summed E-state index contributed by atoms with van der Waals surface area (Å²) in [6.45, 7) is 5.65. The van der Waals surface area contributed by atoms with E-state index in [1.54, 1.807) is 0 Å². The Balaban J connectivity index is 2.05. The van der Waals surface area contributed by atoms with Crippen molar-refractivity contribution in [1.82, 2.24) is 0 Å². The van der Waals surface area contributed by atoms with Gasteiger partial charge in [-0.15, -0.1) is 0 Å². The van der Waals surface area contributed by atoms with Crippen molar-refractivity contribution in [1.29, 1.82) is 0 Å². The van der Waals surface area contributed by atoms with Gasteiger partial charge in [-0.2, -0.15) is 0 Å². The highest BCUT2D eigenvalue weighted by atomic mass is 16.7. The van der Waals surface area contributed by atoms with Crippen LogP contribution in [0.3, 0.4) is 0 Å². The molecule has 1 spiro atoms. The minimum absolute atomic E-state index is 0.0440. The van der Waals surface area contributed by atoms with Crippen molar-refractivity contribution in [2.45, 2.75) is 45.3 Å². The minimum atomic E-state index is -0.853. The van der Waals surface area contributed by atoms with Gasteiger partial charge < -0.3 is 14.2 Å². The van der Waals surface area contributed by atoms with Crippen LogP contribution >= 0.6 is 0 Å². The monoisotopic (exact) mass is 280 g/mol. The van der Waals surface area contributed by atoms with Gasteiger partial charge in [-0.25, -0.2) is 4.79 Å². The van der Waals surface area contributed by atoms with E-state index in [0.29, 0.717) is 30.6 Å². The first-order valence-electron chi connectivity index (χ1n) is 7.61. The lowest BCUT2D eigenvalue weighted by atomic mass is 9.56. The van der Waals surface area contributed by atoms with Crippen molar-refractivity contribution >= 4 is 5.97 Å². The number of hydrogen-bond donors (Lipinski definition) is 0. The fraction of sp³-hybridized carbons (Fsp3) is 0.812. The molecule has 0 radical (unpaired) electrons. The SMILES string of the molecule is COC(=O)C1=C[C@@]2(C)[C@H](CCC[C@@H]2C)CC12OCCO2. The summed E-state index contributed by atoms with van der Waals surface area (Å²) in [7, 11) is 1.42. The van der Waals surface area contributed by atoms with Crippen molar-refractivity contribution in [2.75, 3.05) is 20.3 Å². The Kier molecular flexibility index (Phi) is 3.41. The molecule has 0 bridgehead atoms. The van der Waals surface area contributed by atoms with Crippen LogP contribution in [0.1, 0.15) is 39.5 Å². The van der Waals surface area contributed by atoms with E-state index in [0.717, 1.165) is 6.42 Å². The molecule has 4 nitrogen and oxygen atoms in total. The Morgan fingerprint density at radius 1 is 1.35 bits per heavy atom. The van der Waals surface area contributed by atoms with Gasteiger partial charge in [0.15, 0.2) is 0 Å². The number of ether oxygens (including phenoxy) is 3. The highest BCUT2D eigenvalue weighted by molar-refractivity contribution is 5.90. The Labute approximate surface area is 120 Å². The number of methoxy groups -OCH3 is 1. The van der Waals surface area contributed by atoms with E-state index >= 15 is 0 Å². The van der Waals surface area contributed by atoms with E-state index in [1.165, 1.54) is 26.4 Å². The van der Waals surface area contributed by atoms with E-state index in [4.69, 9.17) is 14.2 Å². The summed E-state index contributed by atoms with van der Waals surface area (Å²) < 4.78 is 16.7. The molecule has 1 saturated carbocycles. The predicted octanol–water partition coefficient (Wildman–Crippen LogP) is 2.68. The molecule has 0 aromatic carbocycles. The molecule has 0 unspecified atom stereocenters. The molecule has 20 heavy (non-hydrogen) atoms. The number of carbonyl (C=O) groups is 1. The highest BCUT2D eigenvalue weighted by Crippen LogP contribution is 2.55. The smallest absolute Gasteiger partial charge is 0.338 e. The van der Waals surface area contributed by atoms with Crippen LogP contribution in [-0.4, -0.2) is 32.1 Å². The minimum Gasteiger partial charge on any atom is -0.466 e. The second-order valence-electron chi connectivity index (χ2n) is 6.60. The third kappa shape index (κ3) is 1.92. The van der Waals surface area contributed by atoms with Crippen LogP contribution in [0.4, 0.5) is 0 Å². The molecule has 3 atom stereocenters. The standard InChI is InChI=1S/C16H24O4/c1-11-5-4-6-12-9-16(19-7-8-20-16)13(14(17)18-3)10-15(11,12)2/h10-12H,4-9H2,1-3H3/t11-,12+,15+/m0/s1. The first-order valence-corrected chi connectivity index (χ1v) is 7.61. The lowest BCUT2D eigenvalue weighted by molar-refractivity contribution is -0.174. The van der Waals surface area contributed by atoms with Crippen molar-refractivity contribution in [3.8, 4) is 0 Å². The number of rotatable bonds is 1. The average Bonchev–Trinajstić information content (AvgIpc) is 2.89. The molecule has 1 saturated heterocycles. The van der Waals surface area contributed by atoms with Crippen LogP contribution in [0.15, 0.2) is 11.6 Å². The lowest BCUT2D eigenvalue weighted by Gasteiger charge is -2.51. The number of hydrogen-bond acceptors (Lipinski definition) is 4. The fourth-order valence-electron chi connectivity index (χ4n) is 4.18. The Bertz CT molecular complexity index is 436. The van der Waals surface area contributed by atoms with Crippen molar-refractivity contribution in [3.63, 3.8) is 0 Å². The molecular weight excluding hydrogens is 256 g/mol. The topological polar surface area (TPSA) is 44.8 Å². The van der Waals surface area contributed by atoms with Crippen molar-refractivity contribution in [2.24, 2.45) is 17.3 Å². The number of carbonyl (C=O) groups excluding carboxylic acids is 1. The summed E-state index contributed by atoms with van der Waals surface area (Å²) in [5.74, 6) is -0.0873. The molecule has 112 valence electrons. The predicted molar refractivity (Wildman–Crippen MR) is 74.0 cm³/mol. The zero-order chi connectivity index (χ0) is 14.4. The van der Waals surface area contributed by atoms with Gasteiger partial charge in [-0.3, -0.25) is 0 Å². The van der Waals surface area contributed by atoms with Gasteiger partial charge in [0.1, 0.15) is 0 Å². The van der Waals surface area contributed by atoms with Gasteiger partial charge in [0.05, 0.1) is 25.9 Å². The van der Waals surface area contributed by atoms with Crippen LogP contribution < -0.4 is 0 Å². The summed E-state index contributed by atoms with van der Waals surface area (Å²) >= 11 is 0. The van der Waals surface area contributed by atoms with E-state index < -0.39 is 5.79 Å². The number of fused-ring (bicyclic) bond motifs is 1. The molecule has 0 aromatic heterocycles. The van der Waals surface area contributed by atoms with Gasteiger partial charge in [-0.1, -0.05) is 26.3 Å². The van der Waals surface area contributed by atoms with E-state index in [9.17, 15) is 4.79 Å². The molecule has 1 heterocycles. The molecule has 0 aromatic rings. The lowest BCUT2D eigenvalue weighted by Crippen LogP contribution is -2.50. The third-order valence-electron chi connectivity index (χ3n) is 5.67. The number of esters is 1. The third-order valence-corrected chi connectivity index (χ3v) is 5.67. The van der Waals surface area contributed by atoms with Crippen LogP contribution in [-0.2, 0) is 19.0 Å². The zero-order valence-electron chi connectivity index (χ0n) is 12.6. The fourth-order valence-corrected chi connectivity index (χ4v) is 4.18. The molecule has 3 rings (SSSR count). The molecule has 3 aliphatic rings. The maximum Gasteiger partial charge on any atom is 0.338 e. The Hall–Kier alpha value is -0.870. The summed E-state index contributed by atoms with van der Waals surface area (Å²) in [4.78, 5) is 12.2. The summed E-state index contributed by atoms with van der Waals surface area (Å²) in [6.07, 6.45) is 6.52. The maximum absolute atomic E-state index is 12.2. The average molecular weight is 280 g/mol. The second kappa shape index (κ2) is 4.85. The van der Waals surface area contributed by atoms with Gasteiger partial charge in [0.25, 0.3) is 0 Å². The normalized spacial score (nSPS) is 39.2. The molecule has 1 aliphatic heterocycles. The van der Waals surface area contributed by atoms with Crippen molar-refractivity contribution in [3.05, 3.63) is 11.6 Å². The molecular formula is C16H24O4. The van der Waals surface area contributed by atoms with Gasteiger partial charge in [0.2, 0.25) is 5.79 Å². The first kappa shape index (κ1) is 14.1. The summed E-state index contributed by atoms with van der Waals surface area (Å²) in [5.41, 5.74) is 0.618. The molecule has 0 N–H and O–H groups in total. The van der Waals surface area contributed by atoms with Crippen LogP contribution in [0.2, 0.25) is 0 Å². The largest absolute Gasteiger partial charge is 0.466 e. The van der Waals surface area contributed by atoms with Gasteiger partial charge in [-0.05, 0) is 30.1 Å². The first-order chi connectivity index (χ1) is 9.52. The van der Waals surface area contributed by atoms with Crippen LogP contribution in [0.25, 0.3) is 0 Å². The van der Waals surface area contributed by atoms with Crippen molar-refractivity contribution < 1.29 is 19.0 Å². The quantitative estimate of drug-likeness (QED) is 0.693. The molecule has 4 heteroatoms. The van der Waals surface area contributed by atoms with Crippen LogP contribution in [0.5, 0.6) is 0 Å².